The molecule has 0 unspecified atom stereocenters. The Morgan fingerprint density at radius 2 is 0.649 bits per heavy atom. The Kier molecular flexibility index (Phi) is 7.89. The second-order valence-electron chi connectivity index (χ2n) is 14.7. The third-order valence-corrected chi connectivity index (χ3v) is 11.6. The summed E-state index contributed by atoms with van der Waals surface area (Å²) in [6, 6.07) is 82.0. The van der Waals surface area contributed by atoms with Crippen molar-refractivity contribution in [3.8, 4) is 61.3 Å². The highest BCUT2D eigenvalue weighted by Gasteiger charge is 2.25. The second kappa shape index (κ2) is 13.7. The molecule has 0 N–H and O–H groups in total. The summed E-state index contributed by atoms with van der Waals surface area (Å²) in [6.07, 6.45) is 0. The number of hydrogen-bond acceptors (Lipinski definition) is 0. The smallest absolute Gasteiger partial charge is 0.0619 e. The summed E-state index contributed by atoms with van der Waals surface area (Å²) in [7, 11) is 0. The van der Waals surface area contributed by atoms with Gasteiger partial charge in [0.1, 0.15) is 0 Å². The van der Waals surface area contributed by atoms with Gasteiger partial charge in [0.05, 0.1) is 11.0 Å². The van der Waals surface area contributed by atoms with E-state index in [1.165, 1.54) is 99.0 Å². The number of aromatic nitrogens is 1. The highest BCUT2D eigenvalue weighted by atomic mass is 15.0. The van der Waals surface area contributed by atoms with E-state index in [0.29, 0.717) is 0 Å². The molecule has 1 heterocycles. The van der Waals surface area contributed by atoms with Gasteiger partial charge in [0.25, 0.3) is 0 Å². The van der Waals surface area contributed by atoms with Crippen molar-refractivity contribution >= 4 is 43.4 Å². The van der Waals surface area contributed by atoms with Crippen LogP contribution in [-0.4, -0.2) is 4.57 Å². The third kappa shape index (κ3) is 5.32. The largest absolute Gasteiger partial charge is 0.309 e. The van der Waals surface area contributed by atoms with Gasteiger partial charge in [0.2, 0.25) is 0 Å². The van der Waals surface area contributed by atoms with Crippen LogP contribution in [0.15, 0.2) is 224 Å². The maximum Gasteiger partial charge on any atom is 0.0619 e. The van der Waals surface area contributed by atoms with E-state index in [9.17, 15) is 0 Å². The fourth-order valence-electron chi connectivity index (χ4n) is 9.24. The van der Waals surface area contributed by atoms with Crippen molar-refractivity contribution in [1.29, 1.82) is 0 Å². The summed E-state index contributed by atoms with van der Waals surface area (Å²) in [6.45, 7) is 0. The molecule has 11 rings (SSSR count). The standard InChI is InChI=1S/C56H37N/c1-4-20-38(21-5-1)41-26-10-11-28-44(41)53-45-29-12-14-31-47(45)55(48-32-15-13-30-46(48)53)54-42(39-22-6-2-7-23-39)33-18-34-49(54)51-36-19-35-50-43-27-16-17-37-52(43)57(56(50)51)40-24-8-3-9-25-40/h1-37H. The lowest BCUT2D eigenvalue weighted by Gasteiger charge is -2.23. The lowest BCUT2D eigenvalue weighted by molar-refractivity contribution is 1.18. The van der Waals surface area contributed by atoms with Crippen LogP contribution in [0.4, 0.5) is 0 Å². The van der Waals surface area contributed by atoms with Gasteiger partial charge >= 0.3 is 0 Å². The van der Waals surface area contributed by atoms with Crippen LogP contribution in [-0.2, 0) is 0 Å². The Hall–Kier alpha value is -7.48. The maximum absolute atomic E-state index is 2.46. The van der Waals surface area contributed by atoms with Crippen LogP contribution in [0.25, 0.3) is 105 Å². The van der Waals surface area contributed by atoms with Crippen molar-refractivity contribution in [3.05, 3.63) is 224 Å². The number of nitrogens with zero attached hydrogens (tertiary/aromatic N) is 1. The summed E-state index contributed by atoms with van der Waals surface area (Å²) >= 11 is 0. The lowest BCUT2D eigenvalue weighted by Crippen LogP contribution is -1.98. The number of para-hydroxylation sites is 3. The Labute approximate surface area is 332 Å². The second-order valence-corrected chi connectivity index (χ2v) is 14.7. The predicted molar refractivity (Wildman–Crippen MR) is 243 cm³/mol. The molecular weight excluding hydrogens is 687 g/mol. The summed E-state index contributed by atoms with van der Waals surface area (Å²) in [5, 5.41) is 7.42. The molecule has 0 aliphatic rings. The van der Waals surface area contributed by atoms with E-state index in [1.54, 1.807) is 0 Å². The van der Waals surface area contributed by atoms with Crippen LogP contribution < -0.4 is 0 Å². The average Bonchev–Trinajstić information content (AvgIpc) is 3.64. The van der Waals surface area contributed by atoms with Crippen LogP contribution in [0.1, 0.15) is 0 Å². The van der Waals surface area contributed by atoms with E-state index >= 15 is 0 Å². The molecule has 0 saturated carbocycles. The SMILES string of the molecule is c1ccc(-c2ccccc2-c2c3ccccc3c(-c3c(-c4ccccc4)cccc3-c3cccc4c5ccccc5n(-c5ccccc5)c34)c3ccccc23)cc1. The molecule has 57 heavy (non-hydrogen) atoms. The summed E-state index contributed by atoms with van der Waals surface area (Å²) in [5.74, 6) is 0. The Morgan fingerprint density at radius 1 is 0.228 bits per heavy atom. The zero-order valence-electron chi connectivity index (χ0n) is 31.3. The Morgan fingerprint density at radius 3 is 1.30 bits per heavy atom. The lowest BCUT2D eigenvalue weighted by atomic mass is 9.80. The summed E-state index contributed by atoms with van der Waals surface area (Å²) in [4.78, 5) is 0. The molecule has 1 nitrogen and oxygen atoms in total. The highest BCUT2D eigenvalue weighted by molar-refractivity contribution is 6.25. The van der Waals surface area contributed by atoms with Gasteiger partial charge in [0, 0.05) is 22.0 Å². The molecule has 0 aliphatic heterocycles. The Balaban J connectivity index is 1.30. The van der Waals surface area contributed by atoms with Crippen molar-refractivity contribution in [3.63, 3.8) is 0 Å². The van der Waals surface area contributed by atoms with Crippen molar-refractivity contribution in [2.24, 2.45) is 0 Å². The van der Waals surface area contributed by atoms with Gasteiger partial charge in [-0.1, -0.05) is 206 Å². The topological polar surface area (TPSA) is 4.93 Å². The van der Waals surface area contributed by atoms with E-state index in [-0.39, 0.29) is 0 Å². The molecule has 1 aromatic heterocycles. The summed E-state index contributed by atoms with van der Waals surface area (Å²) in [5.41, 5.74) is 15.8. The molecule has 0 radical (unpaired) electrons. The monoisotopic (exact) mass is 723 g/mol. The van der Waals surface area contributed by atoms with Crippen LogP contribution in [0.2, 0.25) is 0 Å². The minimum atomic E-state index is 1.15. The quantitative estimate of drug-likeness (QED) is 0.151. The average molecular weight is 724 g/mol. The first-order chi connectivity index (χ1) is 28.3. The van der Waals surface area contributed by atoms with Crippen molar-refractivity contribution < 1.29 is 0 Å². The van der Waals surface area contributed by atoms with Crippen LogP contribution in [0.5, 0.6) is 0 Å². The highest BCUT2D eigenvalue weighted by Crippen LogP contribution is 2.51. The molecule has 0 aliphatic carbocycles. The molecule has 0 amide bonds. The molecule has 0 spiro atoms. The van der Waals surface area contributed by atoms with Crippen molar-refractivity contribution in [2.45, 2.75) is 0 Å². The van der Waals surface area contributed by atoms with E-state index in [4.69, 9.17) is 0 Å². The van der Waals surface area contributed by atoms with E-state index in [0.717, 1.165) is 5.69 Å². The van der Waals surface area contributed by atoms with Crippen LogP contribution in [0, 0.1) is 0 Å². The molecule has 0 bridgehead atoms. The molecule has 0 fully saturated rings. The number of fused-ring (bicyclic) bond motifs is 5. The molecule has 11 aromatic rings. The van der Waals surface area contributed by atoms with Gasteiger partial charge < -0.3 is 4.57 Å². The molecular formula is C56H37N. The molecule has 1 heteroatoms. The first kappa shape index (κ1) is 32.9. The number of rotatable bonds is 6. The maximum atomic E-state index is 2.46. The zero-order valence-corrected chi connectivity index (χ0v) is 31.3. The molecule has 0 saturated heterocycles. The summed E-state index contributed by atoms with van der Waals surface area (Å²) < 4.78 is 2.46. The van der Waals surface area contributed by atoms with Crippen molar-refractivity contribution in [2.75, 3.05) is 0 Å². The van der Waals surface area contributed by atoms with E-state index < -0.39 is 0 Å². The molecule has 266 valence electrons. The van der Waals surface area contributed by atoms with Gasteiger partial charge in [-0.3, -0.25) is 0 Å². The van der Waals surface area contributed by atoms with E-state index in [1.807, 2.05) is 0 Å². The number of hydrogen-bond donors (Lipinski definition) is 0. The fraction of sp³-hybridized carbons (Fsp3) is 0. The Bertz CT molecular complexity index is 3210. The third-order valence-electron chi connectivity index (χ3n) is 11.6. The zero-order chi connectivity index (χ0) is 37.7. The van der Waals surface area contributed by atoms with E-state index in [2.05, 4.69) is 229 Å². The van der Waals surface area contributed by atoms with Gasteiger partial charge in [0.15, 0.2) is 0 Å². The minimum Gasteiger partial charge on any atom is -0.309 e. The molecule has 0 atom stereocenters. The minimum absolute atomic E-state index is 1.15. The predicted octanol–water partition coefficient (Wildman–Crippen LogP) is 15.4. The normalized spacial score (nSPS) is 11.5. The molecule has 10 aromatic carbocycles. The van der Waals surface area contributed by atoms with Crippen LogP contribution >= 0.6 is 0 Å². The van der Waals surface area contributed by atoms with Gasteiger partial charge in [-0.05, 0) is 89.8 Å². The van der Waals surface area contributed by atoms with Gasteiger partial charge in [-0.2, -0.15) is 0 Å². The first-order valence-electron chi connectivity index (χ1n) is 19.7. The number of benzene rings is 10. The van der Waals surface area contributed by atoms with Gasteiger partial charge in [-0.25, -0.2) is 0 Å². The fourth-order valence-corrected chi connectivity index (χ4v) is 9.24. The van der Waals surface area contributed by atoms with Crippen molar-refractivity contribution in [1.82, 2.24) is 4.57 Å². The van der Waals surface area contributed by atoms with Gasteiger partial charge in [-0.15, -0.1) is 0 Å². The van der Waals surface area contributed by atoms with Crippen LogP contribution in [0.3, 0.4) is 0 Å². The first-order valence-corrected chi connectivity index (χ1v) is 19.7.